The maximum atomic E-state index is 12.3. The molecule has 1 N–H and O–H groups in total. The Morgan fingerprint density at radius 2 is 1.65 bits per heavy atom. The molecule has 0 saturated carbocycles. The molecule has 0 aromatic heterocycles. The van der Waals surface area contributed by atoms with Crippen LogP contribution in [0.15, 0.2) is 0 Å². The van der Waals surface area contributed by atoms with Crippen LogP contribution in [0.1, 0.15) is 61.3 Å². The molecular formula is C16H31NO3. The summed E-state index contributed by atoms with van der Waals surface area (Å²) in [5.41, 5.74) is -0.450. The highest BCUT2D eigenvalue weighted by Gasteiger charge is 2.39. The molecule has 2 unspecified atom stereocenters. The zero-order chi connectivity index (χ0) is 15.9. The van der Waals surface area contributed by atoms with Crippen molar-refractivity contribution in [3.63, 3.8) is 0 Å². The van der Waals surface area contributed by atoms with Crippen molar-refractivity contribution >= 4 is 11.9 Å². The van der Waals surface area contributed by atoms with Gasteiger partial charge >= 0.3 is 5.97 Å². The quantitative estimate of drug-likeness (QED) is 0.577. The number of esters is 1. The van der Waals surface area contributed by atoms with Crippen LogP contribution in [0.2, 0.25) is 0 Å². The molecule has 1 amide bonds. The number of carbonyl (C=O) groups excluding carboxylic acids is 2. The van der Waals surface area contributed by atoms with Crippen molar-refractivity contribution in [2.24, 2.45) is 17.3 Å². The van der Waals surface area contributed by atoms with Gasteiger partial charge < -0.3 is 10.1 Å². The second kappa shape index (κ2) is 8.28. The minimum absolute atomic E-state index is 0.0733. The first-order chi connectivity index (χ1) is 9.09. The molecule has 0 rings (SSSR count). The maximum Gasteiger partial charge on any atom is 0.319 e. The van der Waals surface area contributed by atoms with Crippen LogP contribution in [0.3, 0.4) is 0 Å². The van der Waals surface area contributed by atoms with E-state index >= 15 is 0 Å². The lowest BCUT2D eigenvalue weighted by Crippen LogP contribution is -2.46. The average Bonchev–Trinajstić information content (AvgIpc) is 2.24. The summed E-state index contributed by atoms with van der Waals surface area (Å²) < 4.78 is 5.03. The Morgan fingerprint density at radius 1 is 1.10 bits per heavy atom. The zero-order valence-corrected chi connectivity index (χ0v) is 14.1. The van der Waals surface area contributed by atoms with Crippen LogP contribution in [0.4, 0.5) is 0 Å². The largest absolute Gasteiger partial charge is 0.465 e. The number of ether oxygens (including phenoxy) is 1. The predicted molar refractivity (Wildman–Crippen MR) is 81.3 cm³/mol. The van der Waals surface area contributed by atoms with Crippen LogP contribution < -0.4 is 5.32 Å². The smallest absolute Gasteiger partial charge is 0.319 e. The number of hydrogen-bond donors (Lipinski definition) is 1. The van der Waals surface area contributed by atoms with Gasteiger partial charge in [0.15, 0.2) is 0 Å². The van der Waals surface area contributed by atoms with Crippen molar-refractivity contribution in [3.8, 4) is 0 Å². The molecule has 118 valence electrons. The predicted octanol–water partition coefficient (Wildman–Crippen LogP) is 3.15. The van der Waals surface area contributed by atoms with Gasteiger partial charge in [0.1, 0.15) is 5.92 Å². The highest BCUT2D eigenvalue weighted by atomic mass is 16.5. The number of hydrogen-bond acceptors (Lipinski definition) is 3. The van der Waals surface area contributed by atoms with Crippen molar-refractivity contribution in [3.05, 3.63) is 0 Å². The molecule has 2 atom stereocenters. The van der Waals surface area contributed by atoms with E-state index < -0.39 is 17.3 Å². The van der Waals surface area contributed by atoms with Crippen LogP contribution >= 0.6 is 0 Å². The van der Waals surface area contributed by atoms with E-state index in [0.717, 1.165) is 12.8 Å². The Balaban J connectivity index is 4.68. The fourth-order valence-electron chi connectivity index (χ4n) is 2.06. The topological polar surface area (TPSA) is 55.4 Å². The van der Waals surface area contributed by atoms with Crippen molar-refractivity contribution in [1.82, 2.24) is 5.32 Å². The standard InChI is InChI=1S/C16H31NO3/c1-8-20-15(19)13(16(5,6)7)14(18)17-12(4)10-9-11(2)3/h11-13H,8-10H2,1-7H3,(H,17,18). The van der Waals surface area contributed by atoms with Gasteiger partial charge in [-0.1, -0.05) is 34.6 Å². The zero-order valence-electron chi connectivity index (χ0n) is 14.1. The Hall–Kier alpha value is -1.06. The third-order valence-corrected chi connectivity index (χ3v) is 3.22. The molecule has 20 heavy (non-hydrogen) atoms. The normalized spacial score (nSPS) is 14.8. The average molecular weight is 285 g/mol. The second-order valence-electron chi connectivity index (χ2n) is 6.93. The summed E-state index contributed by atoms with van der Waals surface area (Å²) in [7, 11) is 0. The van der Waals surface area contributed by atoms with Gasteiger partial charge in [0.2, 0.25) is 5.91 Å². The molecular weight excluding hydrogens is 254 g/mol. The molecule has 0 aliphatic rings. The molecule has 0 aromatic carbocycles. The summed E-state index contributed by atoms with van der Waals surface area (Å²) in [6.07, 6.45) is 1.98. The first-order valence-electron chi connectivity index (χ1n) is 7.56. The molecule has 0 aromatic rings. The van der Waals surface area contributed by atoms with E-state index in [-0.39, 0.29) is 11.9 Å². The molecule has 4 heteroatoms. The first-order valence-corrected chi connectivity index (χ1v) is 7.56. The maximum absolute atomic E-state index is 12.3. The molecule has 0 heterocycles. The number of carbonyl (C=O) groups is 2. The summed E-state index contributed by atoms with van der Waals surface area (Å²) in [5, 5.41) is 2.94. The van der Waals surface area contributed by atoms with E-state index in [1.807, 2.05) is 27.7 Å². The van der Waals surface area contributed by atoms with Gasteiger partial charge in [0, 0.05) is 6.04 Å². The number of rotatable bonds is 7. The lowest BCUT2D eigenvalue weighted by atomic mass is 9.80. The molecule has 0 aliphatic heterocycles. The minimum atomic E-state index is -0.760. The van der Waals surface area contributed by atoms with Gasteiger partial charge in [-0.25, -0.2) is 0 Å². The highest BCUT2D eigenvalue weighted by molar-refractivity contribution is 5.98. The fraction of sp³-hybridized carbons (Fsp3) is 0.875. The third kappa shape index (κ3) is 6.92. The SMILES string of the molecule is CCOC(=O)C(C(=O)NC(C)CCC(C)C)C(C)(C)C. The van der Waals surface area contributed by atoms with E-state index in [1.54, 1.807) is 6.92 Å². The van der Waals surface area contributed by atoms with Crippen molar-refractivity contribution in [2.45, 2.75) is 67.3 Å². The van der Waals surface area contributed by atoms with Gasteiger partial charge in [-0.15, -0.1) is 0 Å². The molecule has 0 spiro atoms. The highest BCUT2D eigenvalue weighted by Crippen LogP contribution is 2.27. The van der Waals surface area contributed by atoms with E-state index in [2.05, 4.69) is 19.2 Å². The molecule has 0 fully saturated rings. The monoisotopic (exact) mass is 285 g/mol. The Morgan fingerprint density at radius 3 is 2.05 bits per heavy atom. The summed E-state index contributed by atoms with van der Waals surface area (Å²) >= 11 is 0. The summed E-state index contributed by atoms with van der Waals surface area (Å²) in [5.74, 6) is -0.817. The van der Waals surface area contributed by atoms with Crippen LogP contribution in [-0.4, -0.2) is 24.5 Å². The van der Waals surface area contributed by atoms with Crippen molar-refractivity contribution in [1.29, 1.82) is 0 Å². The number of nitrogens with one attached hydrogen (secondary N) is 1. The van der Waals surface area contributed by atoms with Crippen molar-refractivity contribution in [2.75, 3.05) is 6.61 Å². The fourth-order valence-corrected chi connectivity index (χ4v) is 2.06. The second-order valence-corrected chi connectivity index (χ2v) is 6.93. The van der Waals surface area contributed by atoms with Gasteiger partial charge in [0.25, 0.3) is 0 Å². The summed E-state index contributed by atoms with van der Waals surface area (Å²) in [6, 6.07) is 0.0733. The summed E-state index contributed by atoms with van der Waals surface area (Å²) in [6.45, 7) is 14.0. The Labute approximate surface area is 123 Å². The number of amides is 1. The van der Waals surface area contributed by atoms with E-state index in [0.29, 0.717) is 12.5 Å². The van der Waals surface area contributed by atoms with Gasteiger partial charge in [0.05, 0.1) is 6.61 Å². The Kier molecular flexibility index (Phi) is 7.84. The molecule has 0 radical (unpaired) electrons. The minimum Gasteiger partial charge on any atom is -0.465 e. The van der Waals surface area contributed by atoms with Crippen molar-refractivity contribution < 1.29 is 14.3 Å². The summed E-state index contributed by atoms with van der Waals surface area (Å²) in [4.78, 5) is 24.3. The van der Waals surface area contributed by atoms with Crippen LogP contribution in [0, 0.1) is 17.3 Å². The van der Waals surface area contributed by atoms with Crippen LogP contribution in [-0.2, 0) is 14.3 Å². The van der Waals surface area contributed by atoms with Gasteiger partial charge in [-0.3, -0.25) is 9.59 Å². The lowest BCUT2D eigenvalue weighted by molar-refractivity contribution is -0.156. The molecule has 0 saturated heterocycles. The molecule has 0 bridgehead atoms. The van der Waals surface area contributed by atoms with E-state index in [1.165, 1.54) is 0 Å². The first kappa shape index (κ1) is 18.9. The van der Waals surface area contributed by atoms with Crippen LogP contribution in [0.25, 0.3) is 0 Å². The molecule has 0 aliphatic carbocycles. The van der Waals surface area contributed by atoms with E-state index in [4.69, 9.17) is 4.74 Å². The molecule has 4 nitrogen and oxygen atoms in total. The lowest BCUT2D eigenvalue weighted by Gasteiger charge is -2.29. The van der Waals surface area contributed by atoms with Gasteiger partial charge in [-0.05, 0) is 38.0 Å². The van der Waals surface area contributed by atoms with Crippen LogP contribution in [0.5, 0.6) is 0 Å². The van der Waals surface area contributed by atoms with Gasteiger partial charge in [-0.2, -0.15) is 0 Å². The Bertz CT molecular complexity index is 318. The third-order valence-electron chi connectivity index (χ3n) is 3.22. The van der Waals surface area contributed by atoms with E-state index in [9.17, 15) is 9.59 Å².